The lowest BCUT2D eigenvalue weighted by Gasteiger charge is -2.22. The number of hydrogen-bond donors (Lipinski definition) is 1. The molecule has 0 atom stereocenters. The highest BCUT2D eigenvalue weighted by Gasteiger charge is 2.43. The summed E-state index contributed by atoms with van der Waals surface area (Å²) in [6.07, 6.45) is 36.2. The largest absolute Gasteiger partial charge is 0.466 e. The van der Waals surface area contributed by atoms with Crippen molar-refractivity contribution in [1.29, 1.82) is 0 Å². The third kappa shape index (κ3) is 28.4. The SMILES string of the molecule is CCCCCCCCCOC(=O)CCCCCCCN(CCCO)CCCCCC1(CC(=O)OCCCC(CCCCC)CCCCC)CC1. The zero-order chi connectivity index (χ0) is 36.4. The normalized spacial score (nSPS) is 13.7. The number of carbonyl (C=O) groups is 2. The minimum absolute atomic E-state index is 0.0245. The first-order chi connectivity index (χ1) is 24.5. The van der Waals surface area contributed by atoms with E-state index in [9.17, 15) is 14.7 Å². The van der Waals surface area contributed by atoms with Crippen molar-refractivity contribution in [3.05, 3.63) is 0 Å². The van der Waals surface area contributed by atoms with Crippen molar-refractivity contribution in [1.82, 2.24) is 4.90 Å². The Hall–Kier alpha value is -1.14. The van der Waals surface area contributed by atoms with Gasteiger partial charge < -0.3 is 19.5 Å². The molecule has 0 heterocycles. The number of carbonyl (C=O) groups excluding carboxylic acids is 2. The number of esters is 2. The van der Waals surface area contributed by atoms with E-state index in [1.54, 1.807) is 0 Å². The summed E-state index contributed by atoms with van der Waals surface area (Å²) in [7, 11) is 0. The van der Waals surface area contributed by atoms with Crippen molar-refractivity contribution in [2.24, 2.45) is 11.3 Å². The molecule has 0 aliphatic heterocycles. The van der Waals surface area contributed by atoms with E-state index in [0.29, 0.717) is 26.1 Å². The van der Waals surface area contributed by atoms with Crippen LogP contribution in [0.4, 0.5) is 0 Å². The first kappa shape index (κ1) is 46.9. The molecule has 1 saturated carbocycles. The van der Waals surface area contributed by atoms with Gasteiger partial charge in [0.05, 0.1) is 19.6 Å². The van der Waals surface area contributed by atoms with Gasteiger partial charge in [-0.25, -0.2) is 0 Å². The van der Waals surface area contributed by atoms with Gasteiger partial charge in [0.2, 0.25) is 0 Å². The zero-order valence-electron chi connectivity index (χ0n) is 33.8. The van der Waals surface area contributed by atoms with Crippen molar-refractivity contribution in [2.45, 2.75) is 220 Å². The number of aliphatic hydroxyl groups is 1. The topological polar surface area (TPSA) is 76.1 Å². The molecule has 1 rings (SSSR count). The predicted octanol–water partition coefficient (Wildman–Crippen LogP) is 12.1. The molecule has 0 aromatic heterocycles. The van der Waals surface area contributed by atoms with E-state index >= 15 is 0 Å². The third-order valence-electron chi connectivity index (χ3n) is 11.1. The molecule has 0 radical (unpaired) electrons. The smallest absolute Gasteiger partial charge is 0.306 e. The Balaban J connectivity index is 2.11. The number of nitrogens with zero attached hydrogens (tertiary/aromatic N) is 1. The summed E-state index contributed by atoms with van der Waals surface area (Å²) in [4.78, 5) is 27.2. The summed E-state index contributed by atoms with van der Waals surface area (Å²) in [5.74, 6) is 0.813. The molecule has 0 aromatic rings. The van der Waals surface area contributed by atoms with Crippen LogP contribution in [0.2, 0.25) is 0 Å². The lowest BCUT2D eigenvalue weighted by Crippen LogP contribution is -2.28. The van der Waals surface area contributed by atoms with E-state index in [1.807, 2.05) is 0 Å². The molecule has 1 aliphatic rings. The molecular weight excluding hydrogens is 622 g/mol. The molecule has 296 valence electrons. The Bertz CT molecular complexity index is 760. The summed E-state index contributed by atoms with van der Waals surface area (Å²) in [6, 6.07) is 0. The van der Waals surface area contributed by atoms with Gasteiger partial charge in [-0.1, -0.05) is 143 Å². The predicted molar refractivity (Wildman–Crippen MR) is 212 cm³/mol. The number of ether oxygens (including phenoxy) is 2. The van der Waals surface area contributed by atoms with Gasteiger partial charge in [-0.2, -0.15) is 0 Å². The molecule has 6 heteroatoms. The van der Waals surface area contributed by atoms with Gasteiger partial charge in [0.15, 0.2) is 0 Å². The second-order valence-corrected chi connectivity index (χ2v) is 16.0. The first-order valence-corrected chi connectivity index (χ1v) is 22.1. The molecule has 0 spiro atoms. The van der Waals surface area contributed by atoms with Crippen LogP contribution in [-0.2, 0) is 19.1 Å². The molecule has 1 fully saturated rings. The molecule has 0 bridgehead atoms. The summed E-state index contributed by atoms with van der Waals surface area (Å²) < 4.78 is 11.2. The summed E-state index contributed by atoms with van der Waals surface area (Å²) in [5, 5.41) is 9.40. The van der Waals surface area contributed by atoms with Gasteiger partial charge >= 0.3 is 11.9 Å². The van der Waals surface area contributed by atoms with Gasteiger partial charge in [0, 0.05) is 19.6 Å². The number of aliphatic hydroxyl groups excluding tert-OH is 1. The monoisotopic (exact) mass is 708 g/mol. The first-order valence-electron chi connectivity index (χ1n) is 22.1. The van der Waals surface area contributed by atoms with Gasteiger partial charge in [-0.3, -0.25) is 9.59 Å². The van der Waals surface area contributed by atoms with E-state index < -0.39 is 0 Å². The van der Waals surface area contributed by atoms with E-state index in [1.165, 1.54) is 148 Å². The second-order valence-electron chi connectivity index (χ2n) is 16.0. The lowest BCUT2D eigenvalue weighted by atomic mass is 9.91. The van der Waals surface area contributed by atoms with E-state index in [2.05, 4.69) is 25.7 Å². The molecule has 1 aliphatic carbocycles. The highest BCUT2D eigenvalue weighted by atomic mass is 16.5. The number of hydrogen-bond acceptors (Lipinski definition) is 6. The fourth-order valence-electron chi connectivity index (χ4n) is 7.50. The van der Waals surface area contributed by atoms with Crippen LogP contribution in [0.15, 0.2) is 0 Å². The van der Waals surface area contributed by atoms with Crippen molar-refractivity contribution < 1.29 is 24.2 Å². The maximum atomic E-state index is 12.7. The van der Waals surface area contributed by atoms with Crippen LogP contribution in [0.5, 0.6) is 0 Å². The van der Waals surface area contributed by atoms with Crippen LogP contribution in [0, 0.1) is 11.3 Å². The highest BCUT2D eigenvalue weighted by Crippen LogP contribution is 2.53. The van der Waals surface area contributed by atoms with Crippen LogP contribution >= 0.6 is 0 Å². The fourth-order valence-corrected chi connectivity index (χ4v) is 7.50. The lowest BCUT2D eigenvalue weighted by molar-refractivity contribution is -0.145. The maximum absolute atomic E-state index is 12.7. The highest BCUT2D eigenvalue weighted by molar-refractivity contribution is 5.70. The minimum atomic E-state index is -0.0245. The molecule has 0 unspecified atom stereocenters. The van der Waals surface area contributed by atoms with Crippen molar-refractivity contribution in [2.75, 3.05) is 39.5 Å². The minimum Gasteiger partial charge on any atom is -0.466 e. The van der Waals surface area contributed by atoms with Crippen molar-refractivity contribution >= 4 is 11.9 Å². The zero-order valence-corrected chi connectivity index (χ0v) is 33.8. The van der Waals surface area contributed by atoms with Crippen LogP contribution in [0.1, 0.15) is 220 Å². The van der Waals surface area contributed by atoms with Gasteiger partial charge in [0.25, 0.3) is 0 Å². The Kier molecular flexibility index (Phi) is 31.6. The quantitative estimate of drug-likeness (QED) is 0.0506. The number of rotatable bonds is 39. The molecule has 1 N–H and O–H groups in total. The van der Waals surface area contributed by atoms with Crippen LogP contribution < -0.4 is 0 Å². The van der Waals surface area contributed by atoms with E-state index in [-0.39, 0.29) is 24.0 Å². The Morgan fingerprint density at radius 3 is 1.66 bits per heavy atom. The van der Waals surface area contributed by atoms with E-state index in [0.717, 1.165) is 64.1 Å². The third-order valence-corrected chi connectivity index (χ3v) is 11.1. The summed E-state index contributed by atoms with van der Waals surface area (Å²) in [6.45, 7) is 11.4. The van der Waals surface area contributed by atoms with Crippen molar-refractivity contribution in [3.63, 3.8) is 0 Å². The average Bonchev–Trinajstić information content (AvgIpc) is 3.87. The molecular formula is C44H85NO5. The van der Waals surface area contributed by atoms with Crippen LogP contribution in [0.3, 0.4) is 0 Å². The molecule has 6 nitrogen and oxygen atoms in total. The van der Waals surface area contributed by atoms with Crippen LogP contribution in [-0.4, -0.2) is 61.4 Å². The van der Waals surface area contributed by atoms with Gasteiger partial charge in [-0.15, -0.1) is 0 Å². The van der Waals surface area contributed by atoms with Gasteiger partial charge in [-0.05, 0) is 88.6 Å². The van der Waals surface area contributed by atoms with Crippen LogP contribution in [0.25, 0.3) is 0 Å². The standard InChI is InChI=1S/C44H85NO5/c1-4-7-10-11-12-16-24-38-49-42(47)30-20-14-13-15-22-34-45(36-26-37-46)35-23-17-21-31-44(32-33-44)40-43(48)50-39-25-29-41(27-18-8-5-2)28-19-9-6-3/h41,46H,4-40H2,1-3H3. The molecule has 50 heavy (non-hydrogen) atoms. The van der Waals surface area contributed by atoms with Gasteiger partial charge in [0.1, 0.15) is 0 Å². The summed E-state index contributed by atoms with van der Waals surface area (Å²) in [5.41, 5.74) is 0.223. The molecule has 0 amide bonds. The Morgan fingerprint density at radius 1 is 0.560 bits per heavy atom. The summed E-state index contributed by atoms with van der Waals surface area (Å²) >= 11 is 0. The Labute approximate surface area is 311 Å². The Morgan fingerprint density at radius 2 is 1.04 bits per heavy atom. The molecule has 0 aromatic carbocycles. The van der Waals surface area contributed by atoms with E-state index in [4.69, 9.17) is 9.47 Å². The second kappa shape index (κ2) is 33.7. The maximum Gasteiger partial charge on any atom is 0.306 e. The molecule has 0 saturated heterocycles. The average molecular weight is 708 g/mol. The fraction of sp³-hybridized carbons (Fsp3) is 0.955. The van der Waals surface area contributed by atoms with Crippen molar-refractivity contribution in [3.8, 4) is 0 Å². The number of unbranched alkanes of at least 4 members (excludes halogenated alkanes) is 16.